The average Bonchev–Trinajstić information content (AvgIpc) is 3.17. The average molecular weight is 321 g/mol. The van der Waals surface area contributed by atoms with Crippen molar-refractivity contribution in [3.8, 4) is 0 Å². The van der Waals surface area contributed by atoms with E-state index in [-0.39, 0.29) is 25.0 Å². The van der Waals surface area contributed by atoms with Crippen LogP contribution in [0.25, 0.3) is 0 Å². The van der Waals surface area contributed by atoms with Gasteiger partial charge in [-0.05, 0) is 18.6 Å². The zero-order valence-electron chi connectivity index (χ0n) is 11.9. The van der Waals surface area contributed by atoms with Crippen molar-refractivity contribution >= 4 is 22.4 Å². The van der Waals surface area contributed by atoms with Gasteiger partial charge in [-0.1, -0.05) is 0 Å². The lowest BCUT2D eigenvalue weighted by Crippen LogP contribution is -2.24. The van der Waals surface area contributed by atoms with Crippen molar-refractivity contribution in [2.45, 2.75) is 6.42 Å². The highest BCUT2D eigenvalue weighted by atomic mass is 32.1. The van der Waals surface area contributed by atoms with Gasteiger partial charge in [-0.3, -0.25) is 9.69 Å². The standard InChI is InChI=1S/C15H16FN3O2S/c16-6-10(7-17)9-21-12-2-1-11-8-19(14(20)13(11)5-12)15-18-3-4-22-15/h2-6,11H,1,7-9,17H2/b10-6-. The number of hydrogen-bond donors (Lipinski definition) is 1. The van der Waals surface area contributed by atoms with Gasteiger partial charge in [0.25, 0.3) is 5.91 Å². The number of nitrogens with zero attached hydrogens (tertiary/aromatic N) is 2. The Bertz CT molecular complexity index is 652. The molecule has 1 atom stereocenters. The zero-order valence-corrected chi connectivity index (χ0v) is 12.7. The van der Waals surface area contributed by atoms with Crippen LogP contribution in [0.15, 0.2) is 47.0 Å². The van der Waals surface area contributed by atoms with E-state index in [1.165, 1.54) is 11.3 Å². The number of allylic oxidation sites excluding steroid dienone is 2. The molecule has 1 fully saturated rings. The van der Waals surface area contributed by atoms with Crippen molar-refractivity contribution in [1.82, 2.24) is 4.98 Å². The zero-order chi connectivity index (χ0) is 15.5. The van der Waals surface area contributed by atoms with Crippen LogP contribution in [0.5, 0.6) is 0 Å². The van der Waals surface area contributed by atoms with Gasteiger partial charge < -0.3 is 10.5 Å². The molecule has 0 spiro atoms. The van der Waals surface area contributed by atoms with Crippen LogP contribution in [0.3, 0.4) is 0 Å². The molecular formula is C15H16FN3O2S. The van der Waals surface area contributed by atoms with Crippen molar-refractivity contribution in [2.75, 3.05) is 24.6 Å². The Morgan fingerprint density at radius 1 is 1.64 bits per heavy atom. The molecule has 0 radical (unpaired) electrons. The van der Waals surface area contributed by atoms with Crippen molar-refractivity contribution in [3.63, 3.8) is 0 Å². The molecule has 1 aliphatic carbocycles. The van der Waals surface area contributed by atoms with Gasteiger partial charge in [0.2, 0.25) is 0 Å². The Balaban J connectivity index is 1.70. The largest absolute Gasteiger partial charge is 0.489 e. The molecule has 1 amide bonds. The number of thiazole rings is 1. The molecule has 1 aromatic rings. The first-order valence-electron chi connectivity index (χ1n) is 6.97. The predicted molar refractivity (Wildman–Crippen MR) is 82.9 cm³/mol. The van der Waals surface area contributed by atoms with Gasteiger partial charge in [-0.2, -0.15) is 0 Å². The maximum atomic E-state index is 12.5. The summed E-state index contributed by atoms with van der Waals surface area (Å²) in [5, 5.41) is 2.57. The molecule has 1 unspecified atom stereocenters. The molecule has 2 heterocycles. The highest BCUT2D eigenvalue weighted by Crippen LogP contribution is 2.35. The molecule has 5 nitrogen and oxygen atoms in total. The minimum atomic E-state index is -0.0331. The van der Waals surface area contributed by atoms with Crippen molar-refractivity contribution in [3.05, 3.63) is 47.0 Å². The Morgan fingerprint density at radius 3 is 3.18 bits per heavy atom. The molecule has 7 heteroatoms. The molecule has 2 N–H and O–H groups in total. The quantitative estimate of drug-likeness (QED) is 0.902. The number of rotatable bonds is 5. The molecule has 1 aromatic heterocycles. The first-order valence-corrected chi connectivity index (χ1v) is 7.85. The number of ether oxygens (including phenoxy) is 1. The second-order valence-electron chi connectivity index (χ2n) is 5.13. The molecule has 3 rings (SSSR count). The SMILES string of the molecule is NC/C(=C/F)COC1=CCC2CN(c3nccs3)C(=O)C2=C1. The Kier molecular flexibility index (Phi) is 4.35. The van der Waals surface area contributed by atoms with E-state index in [4.69, 9.17) is 10.5 Å². The first kappa shape index (κ1) is 14.9. The van der Waals surface area contributed by atoms with Crippen LogP contribution in [0.4, 0.5) is 9.52 Å². The van der Waals surface area contributed by atoms with Crippen LogP contribution >= 0.6 is 11.3 Å². The summed E-state index contributed by atoms with van der Waals surface area (Å²) in [7, 11) is 0. The molecule has 116 valence electrons. The molecule has 22 heavy (non-hydrogen) atoms. The fourth-order valence-electron chi connectivity index (χ4n) is 2.51. The monoisotopic (exact) mass is 321 g/mol. The molecule has 0 bridgehead atoms. The highest BCUT2D eigenvalue weighted by molar-refractivity contribution is 7.13. The predicted octanol–water partition coefficient (Wildman–Crippen LogP) is 2.15. The second-order valence-corrected chi connectivity index (χ2v) is 6.00. The van der Waals surface area contributed by atoms with E-state index in [9.17, 15) is 9.18 Å². The summed E-state index contributed by atoms with van der Waals surface area (Å²) < 4.78 is 18.0. The summed E-state index contributed by atoms with van der Waals surface area (Å²) >= 11 is 1.45. The number of carbonyl (C=O) groups excluding carboxylic acids is 1. The highest BCUT2D eigenvalue weighted by Gasteiger charge is 2.38. The number of amides is 1. The van der Waals surface area contributed by atoms with Crippen LogP contribution in [-0.4, -0.2) is 30.6 Å². The first-order chi connectivity index (χ1) is 10.7. The normalized spacial score (nSPS) is 21.5. The lowest BCUT2D eigenvalue weighted by Gasteiger charge is -2.16. The fourth-order valence-corrected chi connectivity index (χ4v) is 3.16. The van der Waals surface area contributed by atoms with E-state index in [0.717, 1.165) is 12.0 Å². The number of fused-ring (bicyclic) bond motifs is 1. The number of nitrogens with two attached hydrogens (primary N) is 1. The van der Waals surface area contributed by atoms with E-state index in [2.05, 4.69) is 4.98 Å². The smallest absolute Gasteiger partial charge is 0.256 e. The van der Waals surface area contributed by atoms with Gasteiger partial charge in [0.05, 0.1) is 6.33 Å². The topological polar surface area (TPSA) is 68.5 Å². The molecule has 1 saturated heterocycles. The third-order valence-corrected chi connectivity index (χ3v) is 4.52. The van der Waals surface area contributed by atoms with Crippen LogP contribution in [0.2, 0.25) is 0 Å². The van der Waals surface area contributed by atoms with Crippen molar-refractivity contribution in [1.29, 1.82) is 0 Å². The summed E-state index contributed by atoms with van der Waals surface area (Å²) in [6, 6.07) is 0. The lowest BCUT2D eigenvalue weighted by molar-refractivity contribution is -0.114. The van der Waals surface area contributed by atoms with Gasteiger partial charge in [0, 0.05) is 41.7 Å². The van der Waals surface area contributed by atoms with Crippen LogP contribution < -0.4 is 10.6 Å². The minimum absolute atomic E-state index is 0.0331. The van der Waals surface area contributed by atoms with Gasteiger partial charge in [0.1, 0.15) is 12.4 Å². The maximum Gasteiger partial charge on any atom is 0.256 e. The number of anilines is 1. The van der Waals surface area contributed by atoms with E-state index in [1.54, 1.807) is 17.2 Å². The van der Waals surface area contributed by atoms with E-state index in [1.807, 2.05) is 11.5 Å². The number of hydrogen-bond acceptors (Lipinski definition) is 5. The van der Waals surface area contributed by atoms with Crippen molar-refractivity contribution in [2.24, 2.45) is 11.7 Å². The number of aromatic nitrogens is 1. The van der Waals surface area contributed by atoms with Gasteiger partial charge in [0.15, 0.2) is 5.13 Å². The van der Waals surface area contributed by atoms with Crippen LogP contribution in [0.1, 0.15) is 6.42 Å². The molecule has 1 aliphatic heterocycles. The summed E-state index contributed by atoms with van der Waals surface area (Å²) in [6.07, 6.45) is 6.56. The number of halogens is 1. The molecule has 0 saturated carbocycles. The summed E-state index contributed by atoms with van der Waals surface area (Å²) in [5.41, 5.74) is 6.50. The summed E-state index contributed by atoms with van der Waals surface area (Å²) in [6.45, 7) is 0.845. The third kappa shape index (κ3) is 2.82. The Hall–Kier alpha value is -1.99. The van der Waals surface area contributed by atoms with E-state index in [0.29, 0.717) is 29.3 Å². The maximum absolute atomic E-state index is 12.5. The van der Waals surface area contributed by atoms with E-state index >= 15 is 0 Å². The molecular weight excluding hydrogens is 305 g/mol. The summed E-state index contributed by atoms with van der Waals surface area (Å²) in [5.74, 6) is 0.720. The lowest BCUT2D eigenvalue weighted by atomic mass is 9.94. The fraction of sp³-hybridized carbons (Fsp3) is 0.333. The Morgan fingerprint density at radius 2 is 2.50 bits per heavy atom. The molecule has 0 aromatic carbocycles. The third-order valence-electron chi connectivity index (χ3n) is 3.73. The van der Waals surface area contributed by atoms with Gasteiger partial charge in [-0.15, -0.1) is 11.3 Å². The summed E-state index contributed by atoms with van der Waals surface area (Å²) in [4.78, 5) is 18.4. The molecule has 2 aliphatic rings. The second kappa shape index (κ2) is 6.41. The van der Waals surface area contributed by atoms with Gasteiger partial charge >= 0.3 is 0 Å². The van der Waals surface area contributed by atoms with Crippen LogP contribution in [-0.2, 0) is 9.53 Å². The van der Waals surface area contributed by atoms with Gasteiger partial charge in [-0.25, -0.2) is 9.37 Å². The number of carbonyl (C=O) groups is 1. The Labute approximate surface area is 131 Å². The minimum Gasteiger partial charge on any atom is -0.489 e. The van der Waals surface area contributed by atoms with Crippen molar-refractivity contribution < 1.29 is 13.9 Å². The van der Waals surface area contributed by atoms with E-state index < -0.39 is 0 Å². The van der Waals surface area contributed by atoms with Crippen LogP contribution in [0, 0.1) is 5.92 Å².